The lowest BCUT2D eigenvalue weighted by molar-refractivity contribution is 0.0916. The molecule has 1 aliphatic heterocycles. The highest BCUT2D eigenvalue weighted by molar-refractivity contribution is 7.93. The maximum atomic E-state index is 12.8. The molecule has 0 atom stereocenters. The van der Waals surface area contributed by atoms with E-state index in [-0.39, 0.29) is 23.5 Å². The molecule has 1 amide bonds. The zero-order valence-electron chi connectivity index (χ0n) is 18.0. The molecule has 8 nitrogen and oxygen atoms in total. The third kappa shape index (κ3) is 4.14. The van der Waals surface area contributed by atoms with E-state index < -0.39 is 15.4 Å². The van der Waals surface area contributed by atoms with Gasteiger partial charge in [-0.3, -0.25) is 14.5 Å². The van der Waals surface area contributed by atoms with Crippen molar-refractivity contribution in [2.45, 2.75) is 39.3 Å². The topological polar surface area (TPSA) is 103 Å². The van der Waals surface area contributed by atoms with Gasteiger partial charge in [0.25, 0.3) is 5.91 Å². The zero-order chi connectivity index (χ0) is 22.4. The number of ether oxygens (including phenoxy) is 1. The number of rotatable bonds is 6. The summed E-state index contributed by atoms with van der Waals surface area (Å²) in [4.78, 5) is 17.3. The van der Waals surface area contributed by atoms with E-state index in [9.17, 15) is 13.2 Å². The van der Waals surface area contributed by atoms with Crippen LogP contribution in [-0.4, -0.2) is 52.7 Å². The van der Waals surface area contributed by atoms with Gasteiger partial charge in [0.15, 0.2) is 9.84 Å². The van der Waals surface area contributed by atoms with Crippen molar-refractivity contribution in [3.63, 3.8) is 0 Å². The molecule has 4 rings (SSSR count). The van der Waals surface area contributed by atoms with Crippen molar-refractivity contribution in [1.82, 2.24) is 20.1 Å². The minimum Gasteiger partial charge on any atom is -0.494 e. The number of benzene rings is 1. The predicted molar refractivity (Wildman–Crippen MR) is 119 cm³/mol. The van der Waals surface area contributed by atoms with Crippen molar-refractivity contribution in [1.29, 1.82) is 0 Å². The normalized spacial score (nSPS) is 16.8. The van der Waals surface area contributed by atoms with Crippen LogP contribution in [0.1, 0.15) is 44.1 Å². The molecule has 164 valence electrons. The van der Waals surface area contributed by atoms with Crippen LogP contribution in [0.15, 0.2) is 36.5 Å². The van der Waals surface area contributed by atoms with E-state index in [1.807, 2.05) is 49.7 Å². The van der Waals surface area contributed by atoms with Crippen molar-refractivity contribution >= 4 is 26.8 Å². The molecule has 0 aliphatic carbocycles. The molecular formula is C22H26N4O4S. The Bertz CT molecular complexity index is 1250. The fraction of sp³-hybridized carbons (Fsp3) is 0.409. The summed E-state index contributed by atoms with van der Waals surface area (Å²) in [6.45, 7) is 8.27. The van der Waals surface area contributed by atoms with E-state index in [1.54, 1.807) is 13.0 Å². The van der Waals surface area contributed by atoms with Crippen LogP contribution in [0.5, 0.6) is 5.75 Å². The molecule has 2 aromatic heterocycles. The summed E-state index contributed by atoms with van der Waals surface area (Å²) in [6, 6.07) is 9.50. The maximum absolute atomic E-state index is 12.8. The summed E-state index contributed by atoms with van der Waals surface area (Å²) in [5.41, 5.74) is 2.66. The van der Waals surface area contributed by atoms with Crippen LogP contribution >= 0.6 is 0 Å². The number of nitrogens with one attached hydrogen (secondary N) is 1. The molecule has 31 heavy (non-hydrogen) atoms. The van der Waals surface area contributed by atoms with Crippen molar-refractivity contribution in [2.75, 3.05) is 18.1 Å². The highest BCUT2D eigenvalue weighted by Crippen LogP contribution is 2.31. The van der Waals surface area contributed by atoms with E-state index in [1.165, 1.54) is 6.20 Å². The summed E-state index contributed by atoms with van der Waals surface area (Å²) >= 11 is 0. The second kappa shape index (κ2) is 7.64. The number of amides is 1. The number of sulfone groups is 1. The molecule has 0 spiro atoms. The number of hydrogen-bond donors (Lipinski definition) is 1. The Balaban J connectivity index is 1.72. The summed E-state index contributed by atoms with van der Waals surface area (Å²) in [5.74, 6) is 0.312. The standard InChI is InChI=1S/C22H26N4O4S/c1-5-30-17-8-6-7-15(9-17)19-20-18(26(25-19)14(2)3)10-16(11-23-20)21(27)24-22(4)12-31(28,29)13-22/h6-11,14H,5,12-13H2,1-4H3,(H,24,27). The van der Waals surface area contributed by atoms with Gasteiger partial charge in [-0.15, -0.1) is 0 Å². The Morgan fingerprint density at radius 1 is 1.29 bits per heavy atom. The molecule has 0 bridgehead atoms. The van der Waals surface area contributed by atoms with E-state index in [0.29, 0.717) is 23.4 Å². The first-order valence-electron chi connectivity index (χ1n) is 10.3. The molecule has 1 aliphatic rings. The molecule has 3 heterocycles. The first-order valence-corrected chi connectivity index (χ1v) is 12.1. The van der Waals surface area contributed by atoms with Gasteiger partial charge in [-0.1, -0.05) is 12.1 Å². The van der Waals surface area contributed by atoms with Crippen LogP contribution in [0.2, 0.25) is 0 Å². The fourth-order valence-electron chi connectivity index (χ4n) is 3.98. The largest absolute Gasteiger partial charge is 0.494 e. The number of aromatic nitrogens is 3. The molecule has 1 aromatic carbocycles. The third-order valence-corrected chi connectivity index (χ3v) is 7.36. The Morgan fingerprint density at radius 3 is 2.68 bits per heavy atom. The molecule has 3 aromatic rings. The van der Waals surface area contributed by atoms with Crippen LogP contribution in [0, 0.1) is 0 Å². The Morgan fingerprint density at radius 2 is 2.03 bits per heavy atom. The zero-order valence-corrected chi connectivity index (χ0v) is 18.9. The summed E-state index contributed by atoms with van der Waals surface area (Å²) < 4.78 is 30.5. The van der Waals surface area contributed by atoms with Crippen molar-refractivity contribution in [2.24, 2.45) is 0 Å². The third-order valence-electron chi connectivity index (χ3n) is 5.21. The van der Waals surface area contributed by atoms with Gasteiger partial charge < -0.3 is 10.1 Å². The van der Waals surface area contributed by atoms with Crippen molar-refractivity contribution in [3.8, 4) is 17.0 Å². The Labute approximate surface area is 181 Å². The monoisotopic (exact) mass is 442 g/mol. The highest BCUT2D eigenvalue weighted by atomic mass is 32.2. The van der Waals surface area contributed by atoms with Crippen LogP contribution in [0.3, 0.4) is 0 Å². The van der Waals surface area contributed by atoms with Gasteiger partial charge in [-0.05, 0) is 45.9 Å². The molecule has 1 saturated heterocycles. The number of nitrogens with zero attached hydrogens (tertiary/aromatic N) is 3. The van der Waals surface area contributed by atoms with Gasteiger partial charge in [0.05, 0.1) is 34.7 Å². The molecule has 0 saturated carbocycles. The predicted octanol–water partition coefficient (Wildman–Crippen LogP) is 2.99. The average Bonchev–Trinajstić information content (AvgIpc) is 3.05. The molecular weight excluding hydrogens is 416 g/mol. The van der Waals surface area contributed by atoms with Gasteiger partial charge in [-0.2, -0.15) is 5.10 Å². The lowest BCUT2D eigenvalue weighted by Crippen LogP contribution is -2.63. The van der Waals surface area contributed by atoms with Gasteiger partial charge in [0.1, 0.15) is 17.0 Å². The van der Waals surface area contributed by atoms with Gasteiger partial charge in [-0.25, -0.2) is 8.42 Å². The quantitative estimate of drug-likeness (QED) is 0.629. The SMILES string of the molecule is CCOc1cccc(-c2nn(C(C)C)c3cc(C(=O)NC4(C)CS(=O)(=O)C4)cnc23)c1. The van der Waals surface area contributed by atoms with Gasteiger partial charge in [0.2, 0.25) is 0 Å². The number of hydrogen-bond acceptors (Lipinski definition) is 6. The second-order valence-electron chi connectivity index (χ2n) is 8.49. The average molecular weight is 443 g/mol. The van der Waals surface area contributed by atoms with E-state index in [4.69, 9.17) is 9.84 Å². The molecule has 0 unspecified atom stereocenters. The summed E-state index contributed by atoms with van der Waals surface area (Å²) in [6.07, 6.45) is 1.51. The summed E-state index contributed by atoms with van der Waals surface area (Å²) in [7, 11) is -3.06. The number of carbonyl (C=O) groups is 1. The van der Waals surface area contributed by atoms with E-state index in [2.05, 4.69) is 10.3 Å². The van der Waals surface area contributed by atoms with Crippen molar-refractivity contribution in [3.05, 3.63) is 42.1 Å². The molecule has 9 heteroatoms. The van der Waals surface area contributed by atoms with Crippen LogP contribution in [-0.2, 0) is 9.84 Å². The molecule has 1 N–H and O–H groups in total. The summed E-state index contributed by atoms with van der Waals surface area (Å²) in [5, 5.41) is 7.60. The minimum atomic E-state index is -3.06. The number of pyridine rings is 1. The lowest BCUT2D eigenvalue weighted by Gasteiger charge is -2.38. The Kier molecular flexibility index (Phi) is 5.25. The highest BCUT2D eigenvalue weighted by Gasteiger charge is 2.45. The van der Waals surface area contributed by atoms with Gasteiger partial charge >= 0.3 is 0 Å². The first-order chi connectivity index (χ1) is 14.6. The van der Waals surface area contributed by atoms with Crippen LogP contribution in [0.4, 0.5) is 0 Å². The molecule has 1 fully saturated rings. The van der Waals surface area contributed by atoms with Crippen LogP contribution in [0.25, 0.3) is 22.3 Å². The van der Waals surface area contributed by atoms with E-state index >= 15 is 0 Å². The fourth-order valence-corrected chi connectivity index (χ4v) is 5.98. The maximum Gasteiger partial charge on any atom is 0.253 e. The second-order valence-corrected chi connectivity index (χ2v) is 10.6. The van der Waals surface area contributed by atoms with Crippen LogP contribution < -0.4 is 10.1 Å². The van der Waals surface area contributed by atoms with E-state index in [0.717, 1.165) is 16.8 Å². The number of carbonyl (C=O) groups excluding carboxylic acids is 1. The van der Waals surface area contributed by atoms with Crippen molar-refractivity contribution < 1.29 is 17.9 Å². The Hall–Kier alpha value is -2.94. The minimum absolute atomic E-state index is 0.0499. The molecule has 0 radical (unpaired) electrons. The van der Waals surface area contributed by atoms with Gasteiger partial charge in [0, 0.05) is 17.8 Å². The first kappa shape index (κ1) is 21.3. The lowest BCUT2D eigenvalue weighted by atomic mass is 10.1. The smallest absolute Gasteiger partial charge is 0.253 e. The number of fused-ring (bicyclic) bond motifs is 1.